The summed E-state index contributed by atoms with van der Waals surface area (Å²) < 4.78 is 0. The van der Waals surface area contributed by atoms with E-state index in [1.165, 1.54) is 12.3 Å². The zero-order chi connectivity index (χ0) is 12.8. The highest BCUT2D eigenvalue weighted by molar-refractivity contribution is 6.33. The molecule has 0 amide bonds. The topological polar surface area (TPSA) is 68.1 Å². The van der Waals surface area contributed by atoms with Crippen LogP contribution in [0.1, 0.15) is 33.1 Å². The zero-order valence-corrected chi connectivity index (χ0v) is 10.7. The van der Waals surface area contributed by atoms with Gasteiger partial charge < -0.3 is 5.32 Å². The first-order valence-electron chi connectivity index (χ1n) is 5.61. The Balaban J connectivity index is 2.69. The molecular formula is C11H16ClN3O2. The van der Waals surface area contributed by atoms with Gasteiger partial charge in [-0.2, -0.15) is 0 Å². The minimum Gasteiger partial charge on any atom is -0.366 e. The molecule has 1 atom stereocenters. The molecule has 0 aliphatic carbocycles. The van der Waals surface area contributed by atoms with E-state index in [1.54, 1.807) is 0 Å². The Labute approximate surface area is 105 Å². The second-order valence-electron chi connectivity index (χ2n) is 3.97. The summed E-state index contributed by atoms with van der Waals surface area (Å²) in [6, 6.07) is 1.56. The van der Waals surface area contributed by atoms with E-state index >= 15 is 0 Å². The van der Waals surface area contributed by atoms with Crippen LogP contribution in [0.4, 0.5) is 11.5 Å². The fraction of sp³-hybridized carbons (Fsp3) is 0.545. The van der Waals surface area contributed by atoms with Gasteiger partial charge in [-0.05, 0) is 13.3 Å². The molecule has 0 aromatic carbocycles. The van der Waals surface area contributed by atoms with Gasteiger partial charge >= 0.3 is 0 Å². The normalized spacial score (nSPS) is 12.2. The summed E-state index contributed by atoms with van der Waals surface area (Å²) in [6.07, 6.45) is 4.48. The van der Waals surface area contributed by atoms with Crippen molar-refractivity contribution in [1.82, 2.24) is 4.98 Å². The van der Waals surface area contributed by atoms with E-state index in [4.69, 9.17) is 11.6 Å². The Morgan fingerprint density at radius 2 is 2.35 bits per heavy atom. The highest BCUT2D eigenvalue weighted by Crippen LogP contribution is 2.24. The van der Waals surface area contributed by atoms with Gasteiger partial charge in [-0.1, -0.05) is 31.4 Å². The SMILES string of the molecule is CCCCC(C)Nc1ncc([N+](=O)[O-])cc1Cl. The minimum absolute atomic E-state index is 0.0956. The molecule has 0 saturated heterocycles. The number of nitrogens with one attached hydrogen (secondary N) is 1. The second kappa shape index (κ2) is 6.39. The molecule has 94 valence electrons. The molecule has 1 heterocycles. The Hall–Kier alpha value is -1.36. The van der Waals surface area contributed by atoms with Crippen molar-refractivity contribution in [2.24, 2.45) is 0 Å². The second-order valence-corrected chi connectivity index (χ2v) is 4.38. The van der Waals surface area contributed by atoms with Crippen LogP contribution >= 0.6 is 11.6 Å². The maximum Gasteiger partial charge on any atom is 0.289 e. The summed E-state index contributed by atoms with van der Waals surface area (Å²) in [4.78, 5) is 14.0. The lowest BCUT2D eigenvalue weighted by Gasteiger charge is -2.14. The van der Waals surface area contributed by atoms with Crippen molar-refractivity contribution in [3.05, 3.63) is 27.4 Å². The predicted molar refractivity (Wildman–Crippen MR) is 68.5 cm³/mol. The molecule has 0 radical (unpaired) electrons. The molecule has 1 unspecified atom stereocenters. The monoisotopic (exact) mass is 257 g/mol. The van der Waals surface area contributed by atoms with Crippen LogP contribution in [0.15, 0.2) is 12.3 Å². The lowest BCUT2D eigenvalue weighted by molar-refractivity contribution is -0.385. The van der Waals surface area contributed by atoms with Crippen molar-refractivity contribution >= 4 is 23.1 Å². The number of rotatable bonds is 6. The highest BCUT2D eigenvalue weighted by Gasteiger charge is 2.12. The van der Waals surface area contributed by atoms with Gasteiger partial charge in [-0.3, -0.25) is 10.1 Å². The van der Waals surface area contributed by atoms with Crippen LogP contribution in [0.2, 0.25) is 5.02 Å². The Morgan fingerprint density at radius 1 is 1.65 bits per heavy atom. The first-order valence-corrected chi connectivity index (χ1v) is 5.98. The summed E-state index contributed by atoms with van der Waals surface area (Å²) >= 11 is 5.92. The third kappa shape index (κ3) is 4.19. The molecule has 0 saturated carbocycles. The fourth-order valence-corrected chi connectivity index (χ4v) is 1.66. The Kier molecular flexibility index (Phi) is 5.15. The van der Waals surface area contributed by atoms with Crippen LogP contribution < -0.4 is 5.32 Å². The molecule has 0 aliphatic heterocycles. The van der Waals surface area contributed by atoms with E-state index in [-0.39, 0.29) is 16.8 Å². The number of anilines is 1. The van der Waals surface area contributed by atoms with Crippen LogP contribution in [0.5, 0.6) is 0 Å². The van der Waals surface area contributed by atoms with Crippen molar-refractivity contribution in [1.29, 1.82) is 0 Å². The molecule has 0 spiro atoms. The van der Waals surface area contributed by atoms with Crippen LogP contribution in [-0.2, 0) is 0 Å². The summed E-state index contributed by atoms with van der Waals surface area (Å²) in [7, 11) is 0. The van der Waals surface area contributed by atoms with Crippen LogP contribution in [-0.4, -0.2) is 15.9 Å². The lowest BCUT2D eigenvalue weighted by atomic mass is 10.1. The Morgan fingerprint density at radius 3 is 2.88 bits per heavy atom. The average molecular weight is 258 g/mol. The highest BCUT2D eigenvalue weighted by atomic mass is 35.5. The maximum absolute atomic E-state index is 10.5. The number of hydrogen-bond donors (Lipinski definition) is 1. The van der Waals surface area contributed by atoms with Crippen molar-refractivity contribution in [2.75, 3.05) is 5.32 Å². The summed E-state index contributed by atoms with van der Waals surface area (Å²) in [5, 5.41) is 13.9. The third-order valence-corrected chi connectivity index (χ3v) is 2.70. The number of nitro groups is 1. The van der Waals surface area contributed by atoms with Gasteiger partial charge in [-0.25, -0.2) is 4.98 Å². The summed E-state index contributed by atoms with van der Waals surface area (Å²) in [6.45, 7) is 4.17. The smallest absolute Gasteiger partial charge is 0.289 e. The van der Waals surface area contributed by atoms with Gasteiger partial charge in [0.25, 0.3) is 5.69 Å². The molecule has 5 nitrogen and oxygen atoms in total. The van der Waals surface area contributed by atoms with Crippen LogP contribution in [0, 0.1) is 10.1 Å². The third-order valence-electron chi connectivity index (χ3n) is 2.41. The van der Waals surface area contributed by atoms with E-state index < -0.39 is 4.92 Å². The van der Waals surface area contributed by atoms with Gasteiger partial charge in [-0.15, -0.1) is 0 Å². The van der Waals surface area contributed by atoms with E-state index in [9.17, 15) is 10.1 Å². The molecule has 6 heteroatoms. The molecule has 0 bridgehead atoms. The molecule has 1 N–H and O–H groups in total. The van der Waals surface area contributed by atoms with Crippen molar-refractivity contribution in [2.45, 2.75) is 39.2 Å². The summed E-state index contributed by atoms with van der Waals surface area (Å²) in [5.41, 5.74) is -0.0956. The van der Waals surface area contributed by atoms with Crippen molar-refractivity contribution < 1.29 is 4.92 Å². The maximum atomic E-state index is 10.5. The first-order chi connectivity index (χ1) is 8.04. The van der Waals surface area contributed by atoms with Gasteiger partial charge in [0.15, 0.2) is 0 Å². The first kappa shape index (κ1) is 13.7. The molecule has 0 aliphatic rings. The number of pyridine rings is 1. The van der Waals surface area contributed by atoms with Gasteiger partial charge in [0.1, 0.15) is 12.0 Å². The van der Waals surface area contributed by atoms with Crippen LogP contribution in [0.3, 0.4) is 0 Å². The molecule has 1 aromatic heterocycles. The van der Waals surface area contributed by atoms with E-state index in [2.05, 4.69) is 17.2 Å². The van der Waals surface area contributed by atoms with Gasteiger partial charge in [0.05, 0.1) is 9.95 Å². The largest absolute Gasteiger partial charge is 0.366 e. The van der Waals surface area contributed by atoms with E-state index in [1.807, 2.05) is 6.92 Å². The van der Waals surface area contributed by atoms with Gasteiger partial charge in [0.2, 0.25) is 0 Å². The molecule has 1 aromatic rings. The quantitative estimate of drug-likeness (QED) is 0.624. The average Bonchev–Trinajstić information content (AvgIpc) is 2.28. The van der Waals surface area contributed by atoms with Crippen molar-refractivity contribution in [3.63, 3.8) is 0 Å². The number of hydrogen-bond acceptors (Lipinski definition) is 4. The number of aromatic nitrogens is 1. The molecule has 0 fully saturated rings. The molecular weight excluding hydrogens is 242 g/mol. The summed E-state index contributed by atoms with van der Waals surface area (Å²) in [5.74, 6) is 0.501. The van der Waals surface area contributed by atoms with Crippen LogP contribution in [0.25, 0.3) is 0 Å². The standard InChI is InChI=1S/C11H16ClN3O2/c1-3-4-5-8(2)14-11-10(12)6-9(7-13-11)15(16)17/h6-8H,3-5H2,1-2H3,(H,13,14). The number of unbranched alkanes of at least 4 members (excludes halogenated alkanes) is 1. The van der Waals surface area contributed by atoms with E-state index in [0.29, 0.717) is 5.82 Å². The molecule has 17 heavy (non-hydrogen) atoms. The zero-order valence-electron chi connectivity index (χ0n) is 9.94. The fourth-order valence-electron chi connectivity index (χ4n) is 1.45. The number of halogens is 1. The Bertz CT molecular complexity index is 398. The predicted octanol–water partition coefficient (Wildman–Crippen LogP) is 3.63. The van der Waals surface area contributed by atoms with Crippen molar-refractivity contribution in [3.8, 4) is 0 Å². The lowest BCUT2D eigenvalue weighted by Crippen LogP contribution is -2.16. The minimum atomic E-state index is -0.511. The van der Waals surface area contributed by atoms with E-state index in [0.717, 1.165) is 19.3 Å². The molecule has 1 rings (SSSR count). The van der Waals surface area contributed by atoms with Gasteiger partial charge in [0, 0.05) is 12.1 Å². The number of nitrogens with zero attached hydrogens (tertiary/aromatic N) is 2.